The van der Waals surface area contributed by atoms with E-state index in [9.17, 15) is 0 Å². The Labute approximate surface area is 376 Å². The van der Waals surface area contributed by atoms with Gasteiger partial charge in [0.15, 0.2) is 0 Å². The summed E-state index contributed by atoms with van der Waals surface area (Å²) in [5.41, 5.74) is 15.2. The summed E-state index contributed by atoms with van der Waals surface area (Å²) < 4.78 is 4.77. The van der Waals surface area contributed by atoms with Crippen LogP contribution in [0.3, 0.4) is 0 Å². The SMILES string of the molecule is c1ccc(-n2c3ccccc3c3cc(-c4ccc(N(c5ccc(-c6cccc7ccccc67)cc5)c5ccc(-n6c7ccccc7c7ccccc76)cc5)c5ccccc45)ccc32)cc1. The highest BCUT2D eigenvalue weighted by Gasteiger charge is 2.20. The molecule has 2 aromatic heterocycles. The summed E-state index contributed by atoms with van der Waals surface area (Å²) in [5, 5.41) is 9.89. The molecule has 0 unspecified atom stereocenters. The minimum atomic E-state index is 1.08. The van der Waals surface area contributed by atoms with Gasteiger partial charge >= 0.3 is 0 Å². The van der Waals surface area contributed by atoms with Gasteiger partial charge in [0.25, 0.3) is 0 Å². The summed E-state index contributed by atoms with van der Waals surface area (Å²) in [6.45, 7) is 0. The number of hydrogen-bond donors (Lipinski definition) is 0. The maximum Gasteiger partial charge on any atom is 0.0541 e. The molecule has 13 aromatic rings. The van der Waals surface area contributed by atoms with Crippen molar-refractivity contribution < 1.29 is 0 Å². The molecule has 0 aliphatic rings. The molecule has 0 bridgehead atoms. The molecule has 304 valence electrons. The average molecular weight is 828 g/mol. The normalized spacial score (nSPS) is 11.7. The molecule has 3 nitrogen and oxygen atoms in total. The highest BCUT2D eigenvalue weighted by atomic mass is 15.1. The summed E-state index contributed by atoms with van der Waals surface area (Å²) in [6.07, 6.45) is 0. The van der Waals surface area contributed by atoms with Crippen LogP contribution in [0.15, 0.2) is 249 Å². The lowest BCUT2D eigenvalue weighted by atomic mass is 9.95. The second-order valence-corrected chi connectivity index (χ2v) is 16.9. The van der Waals surface area contributed by atoms with E-state index in [1.54, 1.807) is 0 Å². The topological polar surface area (TPSA) is 13.1 Å². The first kappa shape index (κ1) is 36.9. The molecular weight excluding hydrogens is 787 g/mol. The van der Waals surface area contributed by atoms with E-state index in [0.29, 0.717) is 0 Å². The molecular formula is C62H41N3. The second-order valence-electron chi connectivity index (χ2n) is 16.9. The van der Waals surface area contributed by atoms with Gasteiger partial charge in [-0.25, -0.2) is 0 Å². The Hall–Kier alpha value is -8.66. The van der Waals surface area contributed by atoms with Crippen LogP contribution < -0.4 is 4.90 Å². The van der Waals surface area contributed by atoms with E-state index in [2.05, 4.69) is 263 Å². The number of nitrogens with zero attached hydrogens (tertiary/aromatic N) is 3. The molecule has 3 heteroatoms. The van der Waals surface area contributed by atoms with Gasteiger partial charge in [-0.3, -0.25) is 0 Å². The average Bonchev–Trinajstić information content (AvgIpc) is 3.90. The third-order valence-corrected chi connectivity index (χ3v) is 13.3. The molecule has 2 heterocycles. The fourth-order valence-corrected chi connectivity index (χ4v) is 10.4. The van der Waals surface area contributed by atoms with Crippen LogP contribution in [-0.2, 0) is 0 Å². The summed E-state index contributed by atoms with van der Waals surface area (Å²) in [4.78, 5) is 2.42. The first-order chi connectivity index (χ1) is 32.3. The standard InChI is InChI=1S/C62H41N3/c1-2-17-45(18-3-1)64-60-28-13-10-24-56(60)57-41-44(31-39-62(57)64)51-38-40-61(53-21-7-6-20-52(51)53)63(46-32-29-43(30-33-46)50-25-14-16-42-15-4-5-19-49(42)50)47-34-36-48(37-35-47)65-58-26-11-8-22-54(58)55-23-9-12-27-59(55)65/h1-41H. The monoisotopic (exact) mass is 827 g/mol. The first-order valence-electron chi connectivity index (χ1n) is 22.3. The van der Waals surface area contributed by atoms with Crippen LogP contribution in [-0.4, -0.2) is 9.13 Å². The van der Waals surface area contributed by atoms with Crippen molar-refractivity contribution in [2.45, 2.75) is 0 Å². The Morgan fingerprint density at radius 2 is 0.723 bits per heavy atom. The zero-order chi connectivity index (χ0) is 42.8. The second kappa shape index (κ2) is 15.0. The van der Waals surface area contributed by atoms with E-state index in [1.165, 1.54) is 87.4 Å². The predicted octanol–water partition coefficient (Wildman–Crippen LogP) is 17.0. The lowest BCUT2D eigenvalue weighted by Gasteiger charge is -2.28. The van der Waals surface area contributed by atoms with E-state index in [4.69, 9.17) is 0 Å². The maximum absolute atomic E-state index is 2.42. The first-order valence-corrected chi connectivity index (χ1v) is 22.3. The molecule has 0 spiro atoms. The Morgan fingerprint density at radius 3 is 1.38 bits per heavy atom. The zero-order valence-electron chi connectivity index (χ0n) is 35.5. The third-order valence-electron chi connectivity index (χ3n) is 13.3. The maximum atomic E-state index is 2.42. The fraction of sp³-hybridized carbons (Fsp3) is 0. The Balaban J connectivity index is 0.973. The Bertz CT molecular complexity index is 3870. The van der Waals surface area contributed by atoms with Crippen LogP contribution in [0, 0.1) is 0 Å². The van der Waals surface area contributed by atoms with E-state index in [1.807, 2.05) is 0 Å². The van der Waals surface area contributed by atoms with Crippen LogP contribution in [0.5, 0.6) is 0 Å². The number of aromatic nitrogens is 2. The lowest BCUT2D eigenvalue weighted by Crippen LogP contribution is -2.11. The van der Waals surface area contributed by atoms with Gasteiger partial charge in [-0.05, 0) is 123 Å². The summed E-state index contributed by atoms with van der Waals surface area (Å²) in [6, 6.07) is 90.7. The van der Waals surface area contributed by atoms with Crippen molar-refractivity contribution in [3.8, 4) is 33.6 Å². The molecule has 13 rings (SSSR count). The van der Waals surface area contributed by atoms with Gasteiger partial charge < -0.3 is 14.0 Å². The number of benzene rings is 11. The van der Waals surface area contributed by atoms with Crippen LogP contribution in [0.25, 0.3) is 98.8 Å². The molecule has 11 aromatic carbocycles. The van der Waals surface area contributed by atoms with Crippen molar-refractivity contribution >= 4 is 82.2 Å². The van der Waals surface area contributed by atoms with Gasteiger partial charge in [0.1, 0.15) is 0 Å². The minimum Gasteiger partial charge on any atom is -0.310 e. The smallest absolute Gasteiger partial charge is 0.0541 e. The Morgan fingerprint density at radius 1 is 0.262 bits per heavy atom. The van der Waals surface area contributed by atoms with E-state index >= 15 is 0 Å². The molecule has 0 saturated heterocycles. The largest absolute Gasteiger partial charge is 0.310 e. The third kappa shape index (κ3) is 5.97. The summed E-state index contributed by atoms with van der Waals surface area (Å²) in [5.74, 6) is 0. The molecule has 0 aliphatic carbocycles. The van der Waals surface area contributed by atoms with Crippen molar-refractivity contribution in [3.63, 3.8) is 0 Å². The Kier molecular flexibility index (Phi) is 8.53. The van der Waals surface area contributed by atoms with Gasteiger partial charge in [-0.2, -0.15) is 0 Å². The number of fused-ring (bicyclic) bond motifs is 8. The summed E-state index contributed by atoms with van der Waals surface area (Å²) >= 11 is 0. The van der Waals surface area contributed by atoms with Crippen molar-refractivity contribution in [1.29, 1.82) is 0 Å². The van der Waals surface area contributed by atoms with Gasteiger partial charge in [0.2, 0.25) is 0 Å². The van der Waals surface area contributed by atoms with Crippen molar-refractivity contribution in [3.05, 3.63) is 249 Å². The van der Waals surface area contributed by atoms with Gasteiger partial charge in [0, 0.05) is 49.7 Å². The van der Waals surface area contributed by atoms with E-state index in [0.717, 1.165) is 28.4 Å². The molecule has 0 atom stereocenters. The number of rotatable bonds is 7. The molecule has 65 heavy (non-hydrogen) atoms. The number of para-hydroxylation sites is 4. The van der Waals surface area contributed by atoms with Crippen LogP contribution >= 0.6 is 0 Å². The molecule has 0 radical (unpaired) electrons. The highest BCUT2D eigenvalue weighted by Crippen LogP contribution is 2.44. The lowest BCUT2D eigenvalue weighted by molar-refractivity contribution is 1.17. The zero-order valence-corrected chi connectivity index (χ0v) is 35.5. The molecule has 0 N–H and O–H groups in total. The van der Waals surface area contributed by atoms with Crippen molar-refractivity contribution in [1.82, 2.24) is 9.13 Å². The number of anilines is 3. The molecule has 0 aliphatic heterocycles. The quantitative estimate of drug-likeness (QED) is 0.156. The molecule has 0 amide bonds. The van der Waals surface area contributed by atoms with Crippen LogP contribution in [0.2, 0.25) is 0 Å². The van der Waals surface area contributed by atoms with Gasteiger partial charge in [-0.1, -0.05) is 164 Å². The minimum absolute atomic E-state index is 1.08. The fourth-order valence-electron chi connectivity index (χ4n) is 10.4. The van der Waals surface area contributed by atoms with Gasteiger partial charge in [0.05, 0.1) is 27.8 Å². The van der Waals surface area contributed by atoms with Crippen molar-refractivity contribution in [2.75, 3.05) is 4.90 Å². The summed E-state index contributed by atoms with van der Waals surface area (Å²) in [7, 11) is 0. The molecule has 0 saturated carbocycles. The van der Waals surface area contributed by atoms with E-state index in [-0.39, 0.29) is 0 Å². The van der Waals surface area contributed by atoms with Crippen molar-refractivity contribution in [2.24, 2.45) is 0 Å². The highest BCUT2D eigenvalue weighted by molar-refractivity contribution is 6.13. The van der Waals surface area contributed by atoms with Crippen LogP contribution in [0.1, 0.15) is 0 Å². The predicted molar refractivity (Wildman–Crippen MR) is 276 cm³/mol. The van der Waals surface area contributed by atoms with Crippen LogP contribution in [0.4, 0.5) is 17.1 Å². The van der Waals surface area contributed by atoms with E-state index < -0.39 is 0 Å². The molecule has 0 fully saturated rings. The van der Waals surface area contributed by atoms with Gasteiger partial charge in [-0.15, -0.1) is 0 Å². The number of hydrogen-bond acceptors (Lipinski definition) is 1.